The van der Waals surface area contributed by atoms with E-state index in [0.717, 1.165) is 56.6 Å². The van der Waals surface area contributed by atoms with Crippen molar-refractivity contribution < 1.29 is 9.47 Å². The Balaban J connectivity index is 1.52. The van der Waals surface area contributed by atoms with E-state index in [9.17, 15) is 0 Å². The third-order valence-electron chi connectivity index (χ3n) is 6.56. The van der Waals surface area contributed by atoms with Crippen LogP contribution in [0, 0.1) is 5.92 Å². The molecule has 0 amide bonds. The van der Waals surface area contributed by atoms with Crippen LogP contribution < -0.4 is 20.1 Å². The van der Waals surface area contributed by atoms with Crippen LogP contribution >= 0.6 is 0 Å². The molecule has 32 heavy (non-hydrogen) atoms. The predicted molar refractivity (Wildman–Crippen MR) is 132 cm³/mol. The van der Waals surface area contributed by atoms with Gasteiger partial charge in [0.2, 0.25) is 0 Å². The van der Waals surface area contributed by atoms with Crippen LogP contribution in [0.1, 0.15) is 45.6 Å². The summed E-state index contributed by atoms with van der Waals surface area (Å²) in [6, 6.07) is 7.16. The summed E-state index contributed by atoms with van der Waals surface area (Å²) in [6.45, 7) is 13.9. The highest BCUT2D eigenvalue weighted by atomic mass is 16.5. The summed E-state index contributed by atoms with van der Waals surface area (Å²) in [5.74, 6) is 3.30. The summed E-state index contributed by atoms with van der Waals surface area (Å²) in [5.41, 5.74) is 1.22. The number of ether oxygens (including phenoxy) is 2. The maximum Gasteiger partial charge on any atom is 0.191 e. The molecule has 7 nitrogen and oxygen atoms in total. The van der Waals surface area contributed by atoms with Gasteiger partial charge in [-0.05, 0) is 70.2 Å². The van der Waals surface area contributed by atoms with Gasteiger partial charge in [0.15, 0.2) is 5.96 Å². The number of nitrogens with zero attached hydrogens (tertiary/aromatic N) is 3. The van der Waals surface area contributed by atoms with E-state index in [1.54, 1.807) is 14.2 Å². The Morgan fingerprint density at radius 2 is 1.84 bits per heavy atom. The molecule has 2 heterocycles. The molecule has 1 aromatic carbocycles. The lowest BCUT2D eigenvalue weighted by atomic mass is 9.97. The predicted octanol–water partition coefficient (Wildman–Crippen LogP) is 2.95. The summed E-state index contributed by atoms with van der Waals surface area (Å²) in [7, 11) is 3.40. The molecule has 3 rings (SSSR count). The van der Waals surface area contributed by atoms with Crippen LogP contribution in [0.2, 0.25) is 0 Å². The molecule has 2 saturated heterocycles. The van der Waals surface area contributed by atoms with Gasteiger partial charge in [0.1, 0.15) is 11.5 Å². The highest BCUT2D eigenvalue weighted by Crippen LogP contribution is 2.24. The minimum absolute atomic E-state index is 0.416. The summed E-state index contributed by atoms with van der Waals surface area (Å²) in [5, 5.41) is 7.14. The van der Waals surface area contributed by atoms with E-state index in [1.807, 2.05) is 6.07 Å². The van der Waals surface area contributed by atoms with E-state index in [4.69, 9.17) is 14.5 Å². The normalized spacial score (nSPS) is 22.9. The highest BCUT2D eigenvalue weighted by Gasteiger charge is 2.25. The van der Waals surface area contributed by atoms with Crippen molar-refractivity contribution in [3.05, 3.63) is 23.8 Å². The van der Waals surface area contributed by atoms with Crippen LogP contribution in [-0.2, 0) is 6.54 Å². The average Bonchev–Trinajstić information content (AvgIpc) is 3.24. The quantitative estimate of drug-likeness (QED) is 0.450. The molecule has 0 spiro atoms. The second kappa shape index (κ2) is 12.3. The number of aliphatic imine (C=N–C) groups is 1. The van der Waals surface area contributed by atoms with E-state index in [2.05, 4.69) is 53.3 Å². The first-order valence-electron chi connectivity index (χ1n) is 12.2. The molecular weight excluding hydrogens is 402 g/mol. The minimum atomic E-state index is 0.416. The van der Waals surface area contributed by atoms with E-state index in [-0.39, 0.29) is 0 Å². The Hall–Kier alpha value is -1.99. The summed E-state index contributed by atoms with van der Waals surface area (Å²) in [6.07, 6.45) is 3.69. The summed E-state index contributed by atoms with van der Waals surface area (Å²) in [4.78, 5) is 10.0. The van der Waals surface area contributed by atoms with E-state index >= 15 is 0 Å². The number of hydrogen-bond donors (Lipinski definition) is 2. The van der Waals surface area contributed by atoms with Crippen molar-refractivity contribution in [1.29, 1.82) is 0 Å². The van der Waals surface area contributed by atoms with Crippen LogP contribution in [0.15, 0.2) is 23.2 Å². The first-order chi connectivity index (χ1) is 15.5. The SMILES string of the molecule is CCNC(=NCC1CCCN(C(C)C)C1)NC1CCN(Cc2cc(OC)cc(OC)c2)C1. The number of likely N-dealkylation sites (tertiary alicyclic amines) is 2. The van der Waals surface area contributed by atoms with Crippen molar-refractivity contribution in [3.8, 4) is 11.5 Å². The number of nitrogens with one attached hydrogen (secondary N) is 2. The number of methoxy groups -OCH3 is 2. The van der Waals surface area contributed by atoms with Crippen LogP contribution in [-0.4, -0.2) is 81.3 Å². The van der Waals surface area contributed by atoms with Gasteiger partial charge < -0.3 is 25.0 Å². The monoisotopic (exact) mass is 445 g/mol. The third kappa shape index (κ3) is 7.27. The number of hydrogen-bond acceptors (Lipinski definition) is 5. The Bertz CT molecular complexity index is 717. The zero-order valence-corrected chi connectivity index (χ0v) is 20.7. The first-order valence-corrected chi connectivity index (χ1v) is 12.2. The smallest absolute Gasteiger partial charge is 0.191 e. The van der Waals surface area contributed by atoms with Crippen LogP contribution in [0.25, 0.3) is 0 Å². The first kappa shape index (κ1) is 24.6. The van der Waals surface area contributed by atoms with Crippen molar-refractivity contribution in [2.75, 3.05) is 53.5 Å². The Morgan fingerprint density at radius 3 is 2.50 bits per heavy atom. The fourth-order valence-electron chi connectivity index (χ4n) is 4.76. The molecule has 1 aromatic rings. The molecule has 2 unspecified atom stereocenters. The number of rotatable bonds is 9. The van der Waals surface area contributed by atoms with Gasteiger partial charge in [-0.25, -0.2) is 0 Å². The van der Waals surface area contributed by atoms with Crippen LogP contribution in [0.5, 0.6) is 11.5 Å². The number of benzene rings is 1. The fraction of sp³-hybridized carbons (Fsp3) is 0.720. The number of guanidine groups is 1. The third-order valence-corrected chi connectivity index (χ3v) is 6.56. The average molecular weight is 446 g/mol. The fourth-order valence-corrected chi connectivity index (χ4v) is 4.76. The second-order valence-electron chi connectivity index (χ2n) is 9.40. The second-order valence-corrected chi connectivity index (χ2v) is 9.40. The lowest BCUT2D eigenvalue weighted by Crippen LogP contribution is -2.45. The van der Waals surface area contributed by atoms with Crippen molar-refractivity contribution in [1.82, 2.24) is 20.4 Å². The molecule has 2 aliphatic heterocycles. The minimum Gasteiger partial charge on any atom is -0.497 e. The Morgan fingerprint density at radius 1 is 1.09 bits per heavy atom. The molecule has 180 valence electrons. The Labute approximate surface area is 194 Å². The van der Waals surface area contributed by atoms with Crippen molar-refractivity contribution in [3.63, 3.8) is 0 Å². The largest absolute Gasteiger partial charge is 0.497 e. The molecule has 2 atom stereocenters. The van der Waals surface area contributed by atoms with Gasteiger partial charge in [-0.15, -0.1) is 0 Å². The van der Waals surface area contributed by atoms with Crippen LogP contribution in [0.4, 0.5) is 0 Å². The summed E-state index contributed by atoms with van der Waals surface area (Å²) >= 11 is 0. The van der Waals surface area contributed by atoms with Gasteiger partial charge in [-0.3, -0.25) is 9.89 Å². The van der Waals surface area contributed by atoms with E-state index < -0.39 is 0 Å². The lowest BCUT2D eigenvalue weighted by Gasteiger charge is -2.35. The van der Waals surface area contributed by atoms with Gasteiger partial charge in [0.05, 0.1) is 14.2 Å². The number of piperidine rings is 1. The zero-order valence-electron chi connectivity index (χ0n) is 20.7. The van der Waals surface area contributed by atoms with E-state index in [1.165, 1.54) is 31.5 Å². The van der Waals surface area contributed by atoms with Gasteiger partial charge >= 0.3 is 0 Å². The van der Waals surface area contributed by atoms with Gasteiger partial charge in [0, 0.05) is 57.4 Å². The van der Waals surface area contributed by atoms with Gasteiger partial charge in [0.25, 0.3) is 0 Å². The van der Waals surface area contributed by atoms with Crippen LogP contribution in [0.3, 0.4) is 0 Å². The zero-order chi connectivity index (χ0) is 22.9. The topological polar surface area (TPSA) is 61.4 Å². The maximum absolute atomic E-state index is 5.42. The maximum atomic E-state index is 5.42. The highest BCUT2D eigenvalue weighted by molar-refractivity contribution is 5.80. The molecule has 0 bridgehead atoms. The standard InChI is InChI=1S/C25H43N5O2/c1-6-26-25(27-15-20-8-7-10-30(17-20)19(2)3)28-22-9-11-29(18-22)16-21-12-23(31-4)14-24(13-21)32-5/h12-14,19-20,22H,6-11,15-18H2,1-5H3,(H2,26,27,28). The molecule has 0 radical (unpaired) electrons. The van der Waals surface area contributed by atoms with Crippen molar-refractivity contribution in [2.24, 2.45) is 10.9 Å². The molecule has 0 aromatic heterocycles. The molecular formula is C25H43N5O2. The molecule has 2 fully saturated rings. The molecule has 2 N–H and O–H groups in total. The van der Waals surface area contributed by atoms with Crippen molar-refractivity contribution >= 4 is 5.96 Å². The van der Waals surface area contributed by atoms with Crippen molar-refractivity contribution in [2.45, 2.75) is 58.7 Å². The van der Waals surface area contributed by atoms with Gasteiger partial charge in [-0.1, -0.05) is 0 Å². The lowest BCUT2D eigenvalue weighted by molar-refractivity contribution is 0.143. The Kier molecular flexibility index (Phi) is 9.48. The summed E-state index contributed by atoms with van der Waals surface area (Å²) < 4.78 is 10.8. The molecule has 0 aliphatic carbocycles. The molecule has 7 heteroatoms. The van der Waals surface area contributed by atoms with Gasteiger partial charge in [-0.2, -0.15) is 0 Å². The molecule has 0 saturated carbocycles. The molecule has 2 aliphatic rings. The van der Waals surface area contributed by atoms with E-state index in [0.29, 0.717) is 18.0 Å².